The van der Waals surface area contributed by atoms with Gasteiger partial charge in [0.25, 0.3) is 0 Å². The van der Waals surface area contributed by atoms with Crippen molar-refractivity contribution in [2.24, 2.45) is 10.7 Å². The quantitative estimate of drug-likeness (QED) is 0.190. The Labute approximate surface area is 190 Å². The zero-order valence-electron chi connectivity index (χ0n) is 19.2. The molecule has 0 spiro atoms. The van der Waals surface area contributed by atoms with Crippen LogP contribution in [0.1, 0.15) is 31.3 Å². The van der Waals surface area contributed by atoms with Crippen molar-refractivity contribution in [1.29, 1.82) is 0 Å². The molecule has 0 bridgehead atoms. The van der Waals surface area contributed by atoms with Crippen LogP contribution in [0.3, 0.4) is 0 Å². The van der Waals surface area contributed by atoms with Crippen LogP contribution < -0.4 is 16.4 Å². The van der Waals surface area contributed by atoms with Gasteiger partial charge in [0.1, 0.15) is 11.5 Å². The molecule has 1 unspecified atom stereocenters. The van der Waals surface area contributed by atoms with Gasteiger partial charge in [-0.2, -0.15) is 0 Å². The summed E-state index contributed by atoms with van der Waals surface area (Å²) in [6, 6.07) is 7.93. The van der Waals surface area contributed by atoms with Crippen LogP contribution in [0, 0.1) is 18.8 Å². The Hall–Kier alpha value is -3.28. The van der Waals surface area contributed by atoms with E-state index in [0.717, 1.165) is 42.3 Å². The second kappa shape index (κ2) is 13.2. The molecule has 1 heterocycles. The SMILES string of the molecule is C=N/C(NCc1nc(C)c2ccccc2n1)=C(/C=O)N(CC#CC)CCCC(N)CNC. The van der Waals surface area contributed by atoms with Gasteiger partial charge in [0.2, 0.25) is 0 Å². The van der Waals surface area contributed by atoms with E-state index in [1.54, 1.807) is 6.92 Å². The Morgan fingerprint density at radius 2 is 2.16 bits per heavy atom. The highest BCUT2D eigenvalue weighted by molar-refractivity contribution is 5.80. The Morgan fingerprint density at radius 1 is 1.38 bits per heavy atom. The van der Waals surface area contributed by atoms with E-state index in [4.69, 9.17) is 5.73 Å². The van der Waals surface area contributed by atoms with Gasteiger partial charge in [-0.15, -0.1) is 5.92 Å². The number of carbonyl (C=O) groups is 1. The van der Waals surface area contributed by atoms with Gasteiger partial charge >= 0.3 is 0 Å². The molecule has 2 rings (SSSR count). The lowest BCUT2D eigenvalue weighted by Crippen LogP contribution is -2.34. The number of aliphatic imine (C=N–C) groups is 1. The third kappa shape index (κ3) is 7.15. The van der Waals surface area contributed by atoms with Crippen molar-refractivity contribution < 1.29 is 4.79 Å². The summed E-state index contributed by atoms with van der Waals surface area (Å²) < 4.78 is 0. The number of nitrogens with two attached hydrogens (primary N) is 1. The van der Waals surface area contributed by atoms with Crippen molar-refractivity contribution in [2.75, 3.05) is 26.7 Å². The minimum atomic E-state index is 0.0613. The molecule has 8 heteroatoms. The Kier molecular flexibility index (Phi) is 10.3. The Bertz CT molecular complexity index is 1010. The van der Waals surface area contributed by atoms with Gasteiger partial charge < -0.3 is 21.3 Å². The number of likely N-dealkylation sites (N-methyl/N-ethyl adjacent to an activating group) is 1. The zero-order valence-corrected chi connectivity index (χ0v) is 19.2. The smallest absolute Gasteiger partial charge is 0.169 e. The fourth-order valence-electron chi connectivity index (χ4n) is 3.41. The molecule has 0 aliphatic carbocycles. The maximum Gasteiger partial charge on any atom is 0.169 e. The lowest BCUT2D eigenvalue weighted by molar-refractivity contribution is -0.106. The highest BCUT2D eigenvalue weighted by atomic mass is 16.1. The first kappa shape index (κ1) is 25.0. The van der Waals surface area contributed by atoms with Crippen LogP contribution in [0.2, 0.25) is 0 Å². The Morgan fingerprint density at radius 3 is 2.84 bits per heavy atom. The highest BCUT2D eigenvalue weighted by Gasteiger charge is 2.15. The molecule has 1 aromatic carbocycles. The van der Waals surface area contributed by atoms with E-state index in [1.165, 1.54) is 0 Å². The number of rotatable bonds is 13. The number of nitrogens with zero attached hydrogens (tertiary/aromatic N) is 4. The molecule has 2 aromatic rings. The van der Waals surface area contributed by atoms with Crippen molar-refractivity contribution in [2.45, 2.75) is 39.3 Å². The van der Waals surface area contributed by atoms with Gasteiger partial charge in [0, 0.05) is 30.2 Å². The van der Waals surface area contributed by atoms with Crippen LogP contribution >= 0.6 is 0 Å². The predicted octanol–water partition coefficient (Wildman–Crippen LogP) is 1.75. The number of fused-ring (bicyclic) bond motifs is 1. The molecule has 1 atom stereocenters. The van der Waals surface area contributed by atoms with Crippen LogP contribution in [0.4, 0.5) is 0 Å². The third-order valence-corrected chi connectivity index (χ3v) is 5.02. The lowest BCUT2D eigenvalue weighted by atomic mass is 10.1. The number of para-hydroxylation sites is 1. The van der Waals surface area contributed by atoms with E-state index >= 15 is 0 Å². The van der Waals surface area contributed by atoms with E-state index in [-0.39, 0.29) is 6.04 Å². The molecule has 170 valence electrons. The largest absolute Gasteiger partial charge is 0.361 e. The lowest BCUT2D eigenvalue weighted by Gasteiger charge is -2.24. The Balaban J connectivity index is 2.19. The van der Waals surface area contributed by atoms with Gasteiger partial charge in [0.15, 0.2) is 12.1 Å². The zero-order chi connectivity index (χ0) is 23.3. The minimum absolute atomic E-state index is 0.0613. The maximum absolute atomic E-state index is 12.0. The van der Waals surface area contributed by atoms with Crippen LogP contribution in [0.25, 0.3) is 10.9 Å². The van der Waals surface area contributed by atoms with E-state index in [0.29, 0.717) is 37.0 Å². The van der Waals surface area contributed by atoms with Crippen molar-refractivity contribution in [3.8, 4) is 11.8 Å². The van der Waals surface area contributed by atoms with Crippen LogP contribution in [-0.2, 0) is 11.3 Å². The molecule has 32 heavy (non-hydrogen) atoms. The molecule has 0 aliphatic rings. The summed E-state index contributed by atoms with van der Waals surface area (Å²) in [5.74, 6) is 6.91. The van der Waals surface area contributed by atoms with Gasteiger partial charge in [-0.05, 0) is 46.5 Å². The molecular formula is C24H33N7O. The summed E-state index contributed by atoms with van der Waals surface area (Å²) in [6.07, 6.45) is 2.44. The molecule has 1 aromatic heterocycles. The number of carbonyl (C=O) groups excluding carboxylic acids is 1. The molecule has 0 amide bonds. The fraction of sp³-hybridized carbons (Fsp3) is 0.417. The minimum Gasteiger partial charge on any atom is -0.361 e. The topological polar surface area (TPSA) is 109 Å². The monoisotopic (exact) mass is 435 g/mol. The average molecular weight is 436 g/mol. The number of hydrogen-bond acceptors (Lipinski definition) is 8. The predicted molar refractivity (Wildman–Crippen MR) is 130 cm³/mol. The summed E-state index contributed by atoms with van der Waals surface area (Å²) >= 11 is 0. The first-order chi connectivity index (χ1) is 15.5. The van der Waals surface area contributed by atoms with E-state index in [9.17, 15) is 4.79 Å². The molecule has 8 nitrogen and oxygen atoms in total. The highest BCUT2D eigenvalue weighted by Crippen LogP contribution is 2.15. The van der Waals surface area contributed by atoms with Crippen molar-refractivity contribution >= 4 is 23.9 Å². The second-order valence-corrected chi connectivity index (χ2v) is 7.41. The summed E-state index contributed by atoms with van der Waals surface area (Å²) in [6.45, 7) is 9.48. The van der Waals surface area contributed by atoms with Crippen LogP contribution in [-0.4, -0.2) is 60.6 Å². The second-order valence-electron chi connectivity index (χ2n) is 7.41. The normalized spacial score (nSPS) is 12.4. The molecule has 0 saturated heterocycles. The van der Waals surface area contributed by atoms with Gasteiger partial charge in [-0.1, -0.05) is 24.1 Å². The number of nitrogens with one attached hydrogen (secondary N) is 2. The number of allylic oxidation sites excluding steroid dienone is 1. The number of aryl methyl sites for hydroxylation is 1. The summed E-state index contributed by atoms with van der Waals surface area (Å²) in [4.78, 5) is 27.2. The summed E-state index contributed by atoms with van der Waals surface area (Å²) in [5.41, 5.74) is 8.27. The molecule has 0 aliphatic heterocycles. The number of aldehydes is 1. The standard InChI is InChI=1S/C24H33N7O/c1-5-6-13-31(14-9-10-19(25)15-26-3)22(17-32)24(27-4)28-16-23-29-18(2)20-11-7-8-12-21(20)30-23/h7-8,11-12,17,19,26,28H,4,9-10,13-16,25H2,1-3H3/b24-22+. The molecule has 4 N–H and O–H groups in total. The third-order valence-electron chi connectivity index (χ3n) is 5.02. The number of benzene rings is 1. The molecule has 0 radical (unpaired) electrons. The van der Waals surface area contributed by atoms with E-state index in [2.05, 4.69) is 44.2 Å². The first-order valence-corrected chi connectivity index (χ1v) is 10.7. The summed E-state index contributed by atoms with van der Waals surface area (Å²) in [5, 5.41) is 7.27. The van der Waals surface area contributed by atoms with Crippen LogP contribution in [0.15, 0.2) is 40.8 Å². The van der Waals surface area contributed by atoms with E-state index in [1.807, 2.05) is 43.1 Å². The average Bonchev–Trinajstić information content (AvgIpc) is 2.79. The van der Waals surface area contributed by atoms with Crippen LogP contribution in [0.5, 0.6) is 0 Å². The van der Waals surface area contributed by atoms with Gasteiger partial charge in [0.05, 0.1) is 18.6 Å². The summed E-state index contributed by atoms with van der Waals surface area (Å²) in [7, 11) is 1.88. The van der Waals surface area contributed by atoms with Crippen molar-refractivity contribution in [3.05, 3.63) is 47.3 Å². The number of hydrogen-bond donors (Lipinski definition) is 3. The van der Waals surface area contributed by atoms with E-state index < -0.39 is 0 Å². The molecule has 0 saturated carbocycles. The fourth-order valence-corrected chi connectivity index (χ4v) is 3.41. The maximum atomic E-state index is 12.0. The van der Waals surface area contributed by atoms with Crippen molar-refractivity contribution in [1.82, 2.24) is 25.5 Å². The number of aromatic nitrogens is 2. The van der Waals surface area contributed by atoms with Gasteiger partial charge in [-0.25, -0.2) is 15.0 Å². The molecular weight excluding hydrogens is 402 g/mol. The van der Waals surface area contributed by atoms with Gasteiger partial charge in [-0.3, -0.25) is 4.79 Å². The van der Waals surface area contributed by atoms with Crippen molar-refractivity contribution in [3.63, 3.8) is 0 Å². The molecule has 0 fully saturated rings. The first-order valence-electron chi connectivity index (χ1n) is 10.7.